The number of hydrogen-bond acceptors (Lipinski definition) is 4. The summed E-state index contributed by atoms with van der Waals surface area (Å²) in [6, 6.07) is 0. The van der Waals surface area contributed by atoms with Gasteiger partial charge in [0.1, 0.15) is 5.69 Å². The summed E-state index contributed by atoms with van der Waals surface area (Å²) >= 11 is 4.15. The first-order chi connectivity index (χ1) is 8.02. The predicted octanol–water partition coefficient (Wildman–Crippen LogP) is -0.346. The Balaban J connectivity index is 2.45. The van der Waals surface area contributed by atoms with E-state index in [1.807, 2.05) is 0 Å². The SMILES string of the molecule is Cc1[nH]c(=O)[nH]c(=O)c1N1CC(CS)CC1=O. The van der Waals surface area contributed by atoms with E-state index in [2.05, 4.69) is 22.6 Å². The van der Waals surface area contributed by atoms with E-state index < -0.39 is 11.2 Å². The third-order valence-corrected chi connectivity index (χ3v) is 3.35. The lowest BCUT2D eigenvalue weighted by molar-refractivity contribution is -0.117. The zero-order valence-electron chi connectivity index (χ0n) is 9.32. The number of H-pyrrole nitrogens is 2. The van der Waals surface area contributed by atoms with Crippen molar-refractivity contribution in [3.63, 3.8) is 0 Å². The van der Waals surface area contributed by atoms with E-state index >= 15 is 0 Å². The van der Waals surface area contributed by atoms with Gasteiger partial charge in [0.2, 0.25) is 5.91 Å². The molecule has 0 saturated carbocycles. The third kappa shape index (κ3) is 2.14. The first kappa shape index (κ1) is 12.0. The molecule has 1 atom stereocenters. The molecule has 7 heteroatoms. The molecule has 1 aliphatic heterocycles. The summed E-state index contributed by atoms with van der Waals surface area (Å²) in [4.78, 5) is 40.6. The van der Waals surface area contributed by atoms with Gasteiger partial charge in [0.25, 0.3) is 5.56 Å². The lowest BCUT2D eigenvalue weighted by Gasteiger charge is -2.16. The maximum Gasteiger partial charge on any atom is 0.326 e. The van der Waals surface area contributed by atoms with Gasteiger partial charge in [-0.1, -0.05) is 0 Å². The average molecular weight is 255 g/mol. The molecule has 1 fully saturated rings. The molecule has 0 radical (unpaired) electrons. The fourth-order valence-corrected chi connectivity index (χ4v) is 2.28. The van der Waals surface area contributed by atoms with Crippen LogP contribution in [0.5, 0.6) is 0 Å². The number of aromatic nitrogens is 2. The summed E-state index contributed by atoms with van der Waals surface area (Å²) in [5.41, 5.74) is -0.446. The van der Waals surface area contributed by atoms with Gasteiger partial charge < -0.3 is 9.88 Å². The van der Waals surface area contributed by atoms with Crippen LogP contribution in [-0.2, 0) is 4.79 Å². The van der Waals surface area contributed by atoms with Crippen LogP contribution in [-0.4, -0.2) is 28.2 Å². The van der Waals surface area contributed by atoms with E-state index in [0.717, 1.165) is 0 Å². The molecule has 2 N–H and O–H groups in total. The summed E-state index contributed by atoms with van der Waals surface area (Å²) in [6.45, 7) is 2.07. The molecule has 0 aliphatic carbocycles. The number of nitrogens with one attached hydrogen (secondary N) is 2. The Labute approximate surface area is 102 Å². The second-order valence-electron chi connectivity index (χ2n) is 4.14. The maximum absolute atomic E-state index is 11.8. The summed E-state index contributed by atoms with van der Waals surface area (Å²) < 4.78 is 0. The number of anilines is 1. The molecular formula is C10H13N3O3S. The molecule has 2 heterocycles. The predicted molar refractivity (Wildman–Crippen MR) is 66.7 cm³/mol. The highest BCUT2D eigenvalue weighted by Crippen LogP contribution is 2.24. The Morgan fingerprint density at radius 3 is 2.59 bits per heavy atom. The highest BCUT2D eigenvalue weighted by Gasteiger charge is 2.32. The number of thiol groups is 1. The summed E-state index contributed by atoms with van der Waals surface area (Å²) in [5, 5.41) is 0. The summed E-state index contributed by atoms with van der Waals surface area (Å²) in [7, 11) is 0. The second kappa shape index (κ2) is 4.40. The first-order valence-corrected chi connectivity index (χ1v) is 5.90. The Morgan fingerprint density at radius 2 is 2.06 bits per heavy atom. The van der Waals surface area contributed by atoms with E-state index in [9.17, 15) is 14.4 Å². The Kier molecular flexibility index (Phi) is 3.10. The van der Waals surface area contributed by atoms with Crippen LogP contribution >= 0.6 is 12.6 Å². The smallest absolute Gasteiger partial charge is 0.309 e. The van der Waals surface area contributed by atoms with Crippen LogP contribution < -0.4 is 16.1 Å². The highest BCUT2D eigenvalue weighted by molar-refractivity contribution is 7.80. The minimum Gasteiger partial charge on any atom is -0.309 e. The lowest BCUT2D eigenvalue weighted by Crippen LogP contribution is -2.35. The number of amides is 1. The van der Waals surface area contributed by atoms with Crippen molar-refractivity contribution >= 4 is 24.2 Å². The van der Waals surface area contributed by atoms with Gasteiger partial charge in [-0.3, -0.25) is 14.6 Å². The van der Waals surface area contributed by atoms with Gasteiger partial charge in [0, 0.05) is 18.7 Å². The highest BCUT2D eigenvalue weighted by atomic mass is 32.1. The van der Waals surface area contributed by atoms with Gasteiger partial charge in [0.15, 0.2) is 0 Å². The second-order valence-corrected chi connectivity index (χ2v) is 4.50. The van der Waals surface area contributed by atoms with Crippen LogP contribution in [0.15, 0.2) is 9.59 Å². The monoisotopic (exact) mass is 255 g/mol. The Morgan fingerprint density at radius 1 is 1.35 bits per heavy atom. The summed E-state index contributed by atoms with van der Waals surface area (Å²) in [6.07, 6.45) is 0.390. The van der Waals surface area contributed by atoms with Gasteiger partial charge in [-0.2, -0.15) is 12.6 Å². The standard InChI is InChI=1S/C10H13N3O3S/c1-5-8(9(15)12-10(16)11-5)13-3-6(4-17)2-7(13)14/h6,17H,2-4H2,1H3,(H2,11,12,15,16). The van der Waals surface area contributed by atoms with E-state index in [0.29, 0.717) is 24.4 Å². The van der Waals surface area contributed by atoms with Crippen LogP contribution in [0.2, 0.25) is 0 Å². The van der Waals surface area contributed by atoms with Crippen molar-refractivity contribution in [3.05, 3.63) is 26.5 Å². The minimum atomic E-state index is -0.561. The molecule has 1 unspecified atom stereocenters. The van der Waals surface area contributed by atoms with Crippen molar-refractivity contribution in [2.24, 2.45) is 5.92 Å². The molecule has 0 spiro atoms. The number of aryl methyl sites for hydroxylation is 1. The van der Waals surface area contributed by atoms with Crippen LogP contribution in [0.4, 0.5) is 5.69 Å². The fraction of sp³-hybridized carbons (Fsp3) is 0.500. The van der Waals surface area contributed by atoms with Crippen molar-refractivity contribution in [2.75, 3.05) is 17.2 Å². The van der Waals surface area contributed by atoms with Crippen LogP contribution in [0.1, 0.15) is 12.1 Å². The van der Waals surface area contributed by atoms with E-state index in [4.69, 9.17) is 0 Å². The molecule has 0 aromatic carbocycles. The number of nitrogens with zero attached hydrogens (tertiary/aromatic N) is 1. The quantitative estimate of drug-likeness (QED) is 0.632. The molecule has 6 nitrogen and oxygen atoms in total. The molecular weight excluding hydrogens is 242 g/mol. The number of carbonyl (C=O) groups excluding carboxylic acids is 1. The number of hydrogen-bond donors (Lipinski definition) is 3. The van der Waals surface area contributed by atoms with Crippen LogP contribution in [0.3, 0.4) is 0 Å². The van der Waals surface area contributed by atoms with Crippen LogP contribution in [0.25, 0.3) is 0 Å². The van der Waals surface area contributed by atoms with Crippen molar-refractivity contribution in [1.82, 2.24) is 9.97 Å². The zero-order valence-corrected chi connectivity index (χ0v) is 10.2. The largest absolute Gasteiger partial charge is 0.326 e. The van der Waals surface area contributed by atoms with Gasteiger partial charge in [0.05, 0.1) is 0 Å². The first-order valence-electron chi connectivity index (χ1n) is 5.27. The van der Waals surface area contributed by atoms with Crippen molar-refractivity contribution < 1.29 is 4.79 Å². The van der Waals surface area contributed by atoms with Crippen molar-refractivity contribution in [3.8, 4) is 0 Å². The normalized spacial score (nSPS) is 20.0. The lowest BCUT2D eigenvalue weighted by atomic mass is 10.1. The molecule has 1 aliphatic rings. The fourth-order valence-electron chi connectivity index (χ4n) is 2.04. The van der Waals surface area contributed by atoms with E-state index in [-0.39, 0.29) is 17.5 Å². The Bertz CT molecular complexity index is 563. The molecule has 1 aromatic rings. The number of aromatic amines is 2. The van der Waals surface area contributed by atoms with Crippen molar-refractivity contribution in [1.29, 1.82) is 0 Å². The third-order valence-electron chi connectivity index (χ3n) is 2.83. The molecule has 1 saturated heterocycles. The molecule has 0 bridgehead atoms. The number of carbonyl (C=O) groups is 1. The Hall–Kier alpha value is -1.50. The molecule has 92 valence electrons. The van der Waals surface area contributed by atoms with Gasteiger partial charge in [-0.25, -0.2) is 4.79 Å². The van der Waals surface area contributed by atoms with Crippen molar-refractivity contribution in [2.45, 2.75) is 13.3 Å². The van der Waals surface area contributed by atoms with Gasteiger partial charge in [-0.15, -0.1) is 0 Å². The molecule has 2 rings (SSSR count). The minimum absolute atomic E-state index is 0.107. The van der Waals surface area contributed by atoms with Gasteiger partial charge in [-0.05, 0) is 18.6 Å². The van der Waals surface area contributed by atoms with Crippen LogP contribution in [0, 0.1) is 12.8 Å². The zero-order chi connectivity index (χ0) is 12.6. The molecule has 17 heavy (non-hydrogen) atoms. The summed E-state index contributed by atoms with van der Waals surface area (Å²) in [5.74, 6) is 0.643. The van der Waals surface area contributed by atoms with E-state index in [1.165, 1.54) is 4.90 Å². The topological polar surface area (TPSA) is 86.0 Å². The maximum atomic E-state index is 11.8. The van der Waals surface area contributed by atoms with E-state index in [1.54, 1.807) is 6.92 Å². The molecule has 1 aromatic heterocycles. The number of rotatable bonds is 2. The van der Waals surface area contributed by atoms with Gasteiger partial charge >= 0.3 is 5.69 Å². The molecule has 1 amide bonds. The average Bonchev–Trinajstić information content (AvgIpc) is 2.59.